The SMILES string of the molecule is CCCC[C@@H](C)N(CCNCCc1ccc(O)c2c1OCC(=O)N2)C(=O)CCOCCc1ccc(O)c(C2(c3ccccc3)CCN(C)CC2)c1. The van der Waals surface area contributed by atoms with Gasteiger partial charge in [0.25, 0.3) is 5.91 Å². The maximum atomic E-state index is 13.4. The zero-order valence-electron chi connectivity index (χ0n) is 30.6. The number of phenolic OH excluding ortho intramolecular Hbond substituents is 2. The monoisotopic (exact) mass is 700 g/mol. The summed E-state index contributed by atoms with van der Waals surface area (Å²) >= 11 is 0. The number of piperidine rings is 1. The molecule has 1 saturated heterocycles. The molecule has 0 radical (unpaired) electrons. The third-order valence-electron chi connectivity index (χ3n) is 10.5. The minimum atomic E-state index is -0.285. The van der Waals surface area contributed by atoms with Crippen molar-refractivity contribution in [1.82, 2.24) is 15.1 Å². The molecule has 2 aliphatic heterocycles. The summed E-state index contributed by atoms with van der Waals surface area (Å²) in [7, 11) is 2.15. The standard InChI is InChI=1S/C41H56N4O6/c1-4-5-9-30(2)45(25-22-42-21-16-32-13-15-36(47)39-40(32)51-29-37(48)43-39)38(49)18-27-50-26-17-31-12-14-35(46)34(28-31)41(19-23-44(3)24-20-41)33-10-7-6-8-11-33/h6-8,10-15,28,30,42,46-47H,4-5,9,16-27,29H2,1-3H3,(H,43,48)/t30-/m1/s1. The van der Waals surface area contributed by atoms with Gasteiger partial charge in [-0.2, -0.15) is 0 Å². The third-order valence-corrected chi connectivity index (χ3v) is 10.5. The van der Waals surface area contributed by atoms with Gasteiger partial charge in [-0.3, -0.25) is 9.59 Å². The summed E-state index contributed by atoms with van der Waals surface area (Å²) in [6, 6.07) is 20.0. The van der Waals surface area contributed by atoms with Crippen molar-refractivity contribution in [2.75, 3.05) is 64.9 Å². The molecule has 0 aromatic heterocycles. The second kappa shape index (κ2) is 18.4. The van der Waals surface area contributed by atoms with Gasteiger partial charge in [0, 0.05) is 30.1 Å². The van der Waals surface area contributed by atoms with Crippen LogP contribution in [-0.4, -0.2) is 97.5 Å². The average molecular weight is 701 g/mol. The van der Waals surface area contributed by atoms with Gasteiger partial charge in [0.05, 0.1) is 19.6 Å². The van der Waals surface area contributed by atoms with Crippen LogP contribution in [0.3, 0.4) is 0 Å². The number of hydrogen-bond acceptors (Lipinski definition) is 8. The van der Waals surface area contributed by atoms with Crippen LogP contribution in [0.5, 0.6) is 17.2 Å². The van der Waals surface area contributed by atoms with Crippen LogP contribution >= 0.6 is 0 Å². The number of carbonyl (C=O) groups excluding carboxylic acids is 2. The molecule has 3 aromatic carbocycles. The predicted octanol–water partition coefficient (Wildman–Crippen LogP) is 5.63. The lowest BCUT2D eigenvalue weighted by Crippen LogP contribution is -2.43. The molecule has 51 heavy (non-hydrogen) atoms. The van der Waals surface area contributed by atoms with Gasteiger partial charge in [-0.15, -0.1) is 0 Å². The molecule has 10 heteroatoms. The van der Waals surface area contributed by atoms with Crippen LogP contribution in [0, 0.1) is 0 Å². The van der Waals surface area contributed by atoms with Crippen molar-refractivity contribution in [2.24, 2.45) is 0 Å². The highest BCUT2D eigenvalue weighted by atomic mass is 16.5. The van der Waals surface area contributed by atoms with E-state index in [0.29, 0.717) is 69.3 Å². The largest absolute Gasteiger partial charge is 0.508 e. The van der Waals surface area contributed by atoms with Crippen LogP contribution in [0.4, 0.5) is 5.69 Å². The number of amides is 2. The summed E-state index contributed by atoms with van der Waals surface area (Å²) in [6.45, 7) is 8.91. The number of phenols is 2. The van der Waals surface area contributed by atoms with Crippen molar-refractivity contribution in [2.45, 2.75) is 76.7 Å². The Morgan fingerprint density at radius 3 is 2.57 bits per heavy atom. The number of benzene rings is 3. The summed E-state index contributed by atoms with van der Waals surface area (Å²) in [5, 5.41) is 27.4. The fourth-order valence-corrected chi connectivity index (χ4v) is 7.39. The first-order chi connectivity index (χ1) is 24.7. The molecule has 0 unspecified atom stereocenters. The zero-order valence-corrected chi connectivity index (χ0v) is 30.6. The first-order valence-corrected chi connectivity index (χ1v) is 18.6. The molecule has 0 saturated carbocycles. The number of hydrogen-bond donors (Lipinski definition) is 4. The summed E-state index contributed by atoms with van der Waals surface area (Å²) in [5.74, 6) is 0.653. The maximum Gasteiger partial charge on any atom is 0.262 e. The Bertz CT molecular complexity index is 1590. The molecule has 2 aliphatic rings. The Balaban J connectivity index is 1.10. The molecule has 5 rings (SSSR count). The molecule has 4 N–H and O–H groups in total. The highest BCUT2D eigenvalue weighted by Crippen LogP contribution is 2.45. The highest BCUT2D eigenvalue weighted by Gasteiger charge is 2.39. The number of nitrogens with one attached hydrogen (secondary N) is 2. The van der Waals surface area contributed by atoms with Crippen molar-refractivity contribution < 1.29 is 29.3 Å². The van der Waals surface area contributed by atoms with Crippen LogP contribution in [0.15, 0.2) is 60.7 Å². The Morgan fingerprint density at radius 1 is 1.04 bits per heavy atom. The van der Waals surface area contributed by atoms with E-state index in [-0.39, 0.29) is 35.6 Å². The number of aromatic hydroxyl groups is 2. The lowest BCUT2D eigenvalue weighted by Gasteiger charge is -2.42. The summed E-state index contributed by atoms with van der Waals surface area (Å²) < 4.78 is 11.6. The molecular weight excluding hydrogens is 644 g/mol. The number of likely N-dealkylation sites (tertiary alicyclic amines) is 1. The lowest BCUT2D eigenvalue weighted by atomic mass is 9.67. The van der Waals surface area contributed by atoms with Gasteiger partial charge in [0.1, 0.15) is 17.2 Å². The topological polar surface area (TPSA) is 124 Å². The molecule has 0 bridgehead atoms. The molecular formula is C41H56N4O6. The van der Waals surface area contributed by atoms with E-state index in [0.717, 1.165) is 61.9 Å². The van der Waals surface area contributed by atoms with Gasteiger partial charge in [-0.05, 0) is 94.5 Å². The van der Waals surface area contributed by atoms with Gasteiger partial charge in [-0.1, -0.05) is 68.3 Å². The van der Waals surface area contributed by atoms with Crippen LogP contribution in [-0.2, 0) is 32.6 Å². The van der Waals surface area contributed by atoms with E-state index in [1.807, 2.05) is 29.2 Å². The van der Waals surface area contributed by atoms with E-state index in [4.69, 9.17) is 9.47 Å². The maximum absolute atomic E-state index is 13.4. The summed E-state index contributed by atoms with van der Waals surface area (Å²) in [6.07, 6.45) is 6.67. The number of carbonyl (C=O) groups is 2. The average Bonchev–Trinajstić information content (AvgIpc) is 3.14. The lowest BCUT2D eigenvalue weighted by molar-refractivity contribution is -0.134. The molecule has 2 heterocycles. The summed E-state index contributed by atoms with van der Waals surface area (Å²) in [5.41, 5.74) is 4.35. The van der Waals surface area contributed by atoms with E-state index in [1.54, 1.807) is 6.07 Å². The number of fused-ring (bicyclic) bond motifs is 1. The van der Waals surface area contributed by atoms with Crippen molar-refractivity contribution in [3.05, 3.63) is 82.9 Å². The Labute approximate surface area is 303 Å². The highest BCUT2D eigenvalue weighted by molar-refractivity contribution is 5.97. The first-order valence-electron chi connectivity index (χ1n) is 18.6. The van der Waals surface area contributed by atoms with Crippen molar-refractivity contribution >= 4 is 17.5 Å². The van der Waals surface area contributed by atoms with E-state index >= 15 is 0 Å². The molecule has 10 nitrogen and oxygen atoms in total. The molecule has 276 valence electrons. The minimum Gasteiger partial charge on any atom is -0.508 e. The van der Waals surface area contributed by atoms with E-state index in [1.165, 1.54) is 5.56 Å². The molecule has 1 atom stereocenters. The fourth-order valence-electron chi connectivity index (χ4n) is 7.39. The summed E-state index contributed by atoms with van der Waals surface area (Å²) in [4.78, 5) is 29.5. The Hall–Kier alpha value is -4.12. The van der Waals surface area contributed by atoms with Crippen molar-refractivity contribution in [1.29, 1.82) is 0 Å². The second-order valence-corrected chi connectivity index (χ2v) is 14.1. The number of nitrogens with zero attached hydrogens (tertiary/aromatic N) is 2. The van der Waals surface area contributed by atoms with Gasteiger partial charge in [-0.25, -0.2) is 0 Å². The quantitative estimate of drug-likeness (QED) is 0.0996. The minimum absolute atomic E-state index is 0.0109. The predicted molar refractivity (Wildman–Crippen MR) is 201 cm³/mol. The Kier molecular flexibility index (Phi) is 13.7. The number of unbranched alkanes of at least 4 members (excludes halogenated alkanes) is 1. The Morgan fingerprint density at radius 2 is 1.80 bits per heavy atom. The van der Waals surface area contributed by atoms with Crippen LogP contribution in [0.25, 0.3) is 0 Å². The van der Waals surface area contributed by atoms with Gasteiger partial charge < -0.3 is 40.1 Å². The van der Waals surface area contributed by atoms with Crippen molar-refractivity contribution in [3.63, 3.8) is 0 Å². The number of anilines is 1. The van der Waals surface area contributed by atoms with Gasteiger partial charge in [0.2, 0.25) is 5.91 Å². The van der Waals surface area contributed by atoms with E-state index in [2.05, 4.69) is 66.8 Å². The van der Waals surface area contributed by atoms with Gasteiger partial charge >= 0.3 is 0 Å². The first kappa shape index (κ1) is 38.1. The number of rotatable bonds is 18. The molecule has 0 aliphatic carbocycles. The molecule has 2 amide bonds. The fraction of sp³-hybridized carbons (Fsp3) is 0.512. The molecule has 3 aromatic rings. The smallest absolute Gasteiger partial charge is 0.262 e. The zero-order chi connectivity index (χ0) is 36.2. The van der Waals surface area contributed by atoms with Crippen molar-refractivity contribution in [3.8, 4) is 17.2 Å². The van der Waals surface area contributed by atoms with Crippen LogP contribution in [0.2, 0.25) is 0 Å². The molecule has 1 fully saturated rings. The third kappa shape index (κ3) is 9.81. The van der Waals surface area contributed by atoms with Crippen LogP contribution in [0.1, 0.15) is 74.6 Å². The van der Waals surface area contributed by atoms with E-state index < -0.39 is 0 Å². The second-order valence-electron chi connectivity index (χ2n) is 14.1. The van der Waals surface area contributed by atoms with E-state index in [9.17, 15) is 19.8 Å². The van der Waals surface area contributed by atoms with Crippen LogP contribution < -0.4 is 15.4 Å². The number of ether oxygens (including phenoxy) is 2. The molecule has 0 spiro atoms. The van der Waals surface area contributed by atoms with Gasteiger partial charge in [0.15, 0.2) is 12.4 Å². The normalized spacial score (nSPS) is 16.2.